The molecule has 0 heterocycles. The summed E-state index contributed by atoms with van der Waals surface area (Å²) in [6.45, 7) is 6.90. The van der Waals surface area contributed by atoms with Crippen molar-refractivity contribution in [3.63, 3.8) is 0 Å². The molecular formula is C103H116Br2F5I2N5O5Sn. The van der Waals surface area contributed by atoms with Gasteiger partial charge in [-0.25, -0.2) is 17.6 Å². The van der Waals surface area contributed by atoms with Crippen molar-refractivity contribution in [2.24, 2.45) is 0 Å². The average Bonchev–Trinajstić information content (AvgIpc) is 0.784. The van der Waals surface area contributed by atoms with Gasteiger partial charge in [0.25, 0.3) is 0 Å². The molecule has 10 aromatic rings. The zero-order valence-corrected chi connectivity index (χ0v) is 83.7. The molecule has 0 aliphatic rings. The Balaban J connectivity index is 0.000000272. The van der Waals surface area contributed by atoms with Crippen molar-refractivity contribution in [3.8, 4) is 88.5 Å². The zero-order valence-electron chi connectivity index (χ0n) is 73.4. The molecule has 0 saturated heterocycles. The van der Waals surface area contributed by atoms with Crippen LogP contribution in [0.15, 0.2) is 221 Å². The van der Waals surface area contributed by atoms with E-state index < -0.39 is 51.7 Å². The largest absolute Gasteiger partial charge is 0.491 e. The normalized spacial score (nSPS) is 10.1. The van der Waals surface area contributed by atoms with Gasteiger partial charge in [-0.1, -0.05) is 41.4 Å². The average molecular weight is 2130 g/mol. The molecule has 650 valence electrons. The molecule has 0 atom stereocenters. The van der Waals surface area contributed by atoms with Crippen LogP contribution in [0.25, 0.3) is 0 Å². The van der Waals surface area contributed by atoms with E-state index in [0.29, 0.717) is 23.0 Å². The van der Waals surface area contributed by atoms with Crippen LogP contribution < -0.4 is 51.8 Å². The molecule has 123 heavy (non-hydrogen) atoms. The Kier molecular flexibility index (Phi) is 50.0. The van der Waals surface area contributed by atoms with Crippen molar-refractivity contribution in [2.45, 2.75) is 79.5 Å². The van der Waals surface area contributed by atoms with Gasteiger partial charge in [-0.2, -0.15) is 0 Å². The summed E-state index contributed by atoms with van der Waals surface area (Å²) in [5, 5.41) is 0. The molecule has 0 radical (unpaired) electrons. The first kappa shape index (κ1) is 104. The van der Waals surface area contributed by atoms with Crippen molar-refractivity contribution in [2.75, 3.05) is 161 Å². The summed E-state index contributed by atoms with van der Waals surface area (Å²) in [6.07, 6.45) is 12.7. The Morgan fingerprint density at radius 2 is 0.577 bits per heavy atom. The van der Waals surface area contributed by atoms with E-state index in [1.54, 1.807) is 6.07 Å². The predicted octanol–water partition coefficient (Wildman–Crippen LogP) is 24.9. The number of aryl methyl sites for hydroxylation is 1. The van der Waals surface area contributed by atoms with E-state index in [-0.39, 0.29) is 33.0 Å². The van der Waals surface area contributed by atoms with Gasteiger partial charge in [-0.15, -0.1) is 6.42 Å². The number of terminal acetylenes is 1. The summed E-state index contributed by atoms with van der Waals surface area (Å²) in [5.74, 6) is 31.8. The fraction of sp³-hybridized carbons (Fsp3) is 0.320. The van der Waals surface area contributed by atoms with Gasteiger partial charge in [0.2, 0.25) is 0 Å². The van der Waals surface area contributed by atoms with Crippen LogP contribution in [0.2, 0.25) is 13.3 Å². The second-order valence-electron chi connectivity index (χ2n) is 29.2. The van der Waals surface area contributed by atoms with E-state index in [4.69, 9.17) is 30.1 Å². The summed E-state index contributed by atoms with van der Waals surface area (Å²) in [4.78, 5) is 10.3. The summed E-state index contributed by atoms with van der Waals surface area (Å²) in [5.41, 5.74) is 15.3. The Hall–Kier alpha value is -9.13. The molecule has 10 aromatic carbocycles. The van der Waals surface area contributed by atoms with Crippen molar-refractivity contribution in [1.29, 1.82) is 0 Å². The number of unbranched alkanes of at least 4 members (excludes halogenated alkanes) is 3. The maximum Gasteiger partial charge on any atom is 0.133 e. The van der Waals surface area contributed by atoms with E-state index in [1.165, 1.54) is 66.8 Å². The van der Waals surface area contributed by atoms with Gasteiger partial charge in [0.05, 0.1) is 12.5 Å². The van der Waals surface area contributed by atoms with Crippen LogP contribution in [-0.2, 0) is 0 Å². The summed E-state index contributed by atoms with van der Waals surface area (Å²) < 4.78 is 97.3. The molecule has 20 heteroatoms. The molecule has 0 amide bonds. The number of ether oxygens (including phenoxy) is 5. The minimum atomic E-state index is -2.76. The van der Waals surface area contributed by atoms with Crippen LogP contribution in [0.1, 0.15) is 115 Å². The summed E-state index contributed by atoms with van der Waals surface area (Å²) in [6, 6.07) is 69.5. The fourth-order valence-corrected chi connectivity index (χ4v) is 31.0. The van der Waals surface area contributed by atoms with Crippen molar-refractivity contribution >= 4 is 127 Å². The van der Waals surface area contributed by atoms with Gasteiger partial charge in [0, 0.05) is 122 Å². The van der Waals surface area contributed by atoms with Gasteiger partial charge in [-0.05, 0) is 259 Å². The number of halogens is 9. The van der Waals surface area contributed by atoms with Crippen LogP contribution in [0.5, 0.6) is 28.7 Å². The van der Waals surface area contributed by atoms with Gasteiger partial charge >= 0.3 is 213 Å². The van der Waals surface area contributed by atoms with Crippen molar-refractivity contribution in [1.82, 2.24) is 0 Å². The van der Waals surface area contributed by atoms with Crippen molar-refractivity contribution in [3.05, 3.63) is 284 Å². The maximum absolute atomic E-state index is 13.0. The standard InChI is InChI=1S/C19H20FNO.C18H17BrFNO.C18H17FINO.C18H17FNO.C10H11N.C8H7BrFIO.3C4H9.Sn/c1-15-14-17(8-11-19(15)22-13-12-20)5-4-16-6-9-18(10-7-16)21(2)3;1-21(2)16-8-5-14(6-9-16)3-4-15-7-10-18(17(19)13-15)22-12-11-20;1-21(2)16-8-5-14(6-9-16)3-4-15-7-10-18(17(20)13-15)22-12-11-19;1-20(2)17-9-5-15(6-10-17)3-4-16-7-11-18(12-8-16)21-14-13-19;1-4-9-5-7-10(8-6-9)11(2)3;9-7-5-6(11)1-2-8(7)12-4-3-10;3*1-3-4-2;/h6-11,14H,12-13H2,1-3H3;2*5-10,13H,11-12H2,1-2H3;5-11H,13-14H2,1-2H3;1,5-8H,2-3H3;1-2,5H,3-4H2;3*1,3-4H2,2H3;. The number of hydrogen-bond acceptors (Lipinski definition) is 10. The number of nitrogens with zero attached hydrogens (tertiary/aromatic N) is 5. The van der Waals surface area contributed by atoms with Gasteiger partial charge in [-0.3, -0.25) is 0 Å². The third-order valence-corrected chi connectivity index (χ3v) is 37.0. The molecule has 0 saturated carbocycles. The molecule has 0 aliphatic carbocycles. The molecule has 0 N–H and O–H groups in total. The van der Waals surface area contributed by atoms with E-state index in [1.807, 2.05) is 257 Å². The number of hydrogen-bond donors (Lipinski definition) is 0. The zero-order chi connectivity index (χ0) is 89.9. The van der Waals surface area contributed by atoms with Gasteiger partial charge in [0.15, 0.2) is 0 Å². The van der Waals surface area contributed by atoms with Crippen LogP contribution in [0, 0.1) is 73.8 Å². The minimum Gasteiger partial charge on any atom is -0.491 e. The quantitative estimate of drug-likeness (QED) is 0.0188. The fourth-order valence-electron chi connectivity index (χ4n) is 11.9. The second kappa shape index (κ2) is 58.9. The Bertz CT molecular complexity index is 4790. The first-order valence-electron chi connectivity index (χ1n) is 40.9. The summed E-state index contributed by atoms with van der Waals surface area (Å²) >= 11 is 8.34. The maximum atomic E-state index is 13.0. The monoisotopic (exact) mass is 2130 g/mol. The number of rotatable bonds is 30. The summed E-state index contributed by atoms with van der Waals surface area (Å²) in [7, 11) is 20.1. The van der Waals surface area contributed by atoms with E-state index >= 15 is 0 Å². The van der Waals surface area contributed by atoms with E-state index in [0.717, 1.165) is 94.5 Å². The Morgan fingerprint density at radius 3 is 0.886 bits per heavy atom. The molecule has 0 fully saturated rings. The molecule has 10 rings (SSSR count). The van der Waals surface area contributed by atoms with Crippen molar-refractivity contribution < 1.29 is 45.6 Å². The number of alkyl halides is 5. The first-order chi connectivity index (χ1) is 59.3. The van der Waals surface area contributed by atoms with Crippen LogP contribution >= 0.6 is 77.0 Å². The topological polar surface area (TPSA) is 62.4 Å². The van der Waals surface area contributed by atoms with Crippen LogP contribution in [0.4, 0.5) is 50.4 Å². The Morgan fingerprint density at radius 1 is 0.317 bits per heavy atom. The SMILES string of the molecule is C#Cc1ccc(N(C)C)cc1.CCC[CH2][Sn]([CH2]CCC)([CH2]CCC)[c]1cc(C#Cc2ccc(N(C)C)cc2)ccc1OCCF.CN(C)c1ccc(C#Cc2ccc(OCCF)c(Br)c2)cc1.CN(C)c1ccc(C#Cc2ccc(OCCF)c(I)c2)cc1.Cc1cc(C#Cc2ccc(N(C)C)cc2)ccc1OCCF.FCCOc1ccc(I)cc1Br. The van der Waals surface area contributed by atoms with E-state index in [9.17, 15) is 22.0 Å². The third kappa shape index (κ3) is 38.9. The molecule has 10 nitrogen and oxygen atoms in total. The molecular weight excluding hydrogens is 2010 g/mol. The van der Waals surface area contributed by atoms with E-state index in [2.05, 4.69) is 202 Å². The minimum absolute atomic E-state index is 0.0574. The molecule has 0 aromatic heterocycles. The molecule has 0 unspecified atom stereocenters. The van der Waals surface area contributed by atoms with Gasteiger partial charge < -0.3 is 38.5 Å². The number of benzene rings is 10. The predicted molar refractivity (Wildman–Crippen MR) is 535 cm³/mol. The smallest absolute Gasteiger partial charge is 0.133 e. The number of anilines is 5. The molecule has 0 aliphatic heterocycles. The van der Waals surface area contributed by atoms with Gasteiger partial charge in [0.1, 0.15) is 76.1 Å². The van der Waals surface area contributed by atoms with Crippen LogP contribution in [-0.4, -0.2) is 155 Å². The third-order valence-electron chi connectivity index (χ3n) is 18.7. The molecule has 0 spiro atoms. The Labute approximate surface area is 779 Å². The van der Waals surface area contributed by atoms with Crippen LogP contribution in [0.3, 0.4) is 0 Å². The second-order valence-corrected chi connectivity index (χ2v) is 46.4. The molecule has 0 bridgehead atoms. The first-order valence-corrected chi connectivity index (χ1v) is 52.1.